The Morgan fingerprint density at radius 1 is 1.21 bits per heavy atom. The molecule has 4 aromatic rings. The van der Waals surface area contributed by atoms with Crippen LogP contribution < -0.4 is 10.6 Å². The van der Waals surface area contributed by atoms with E-state index in [4.69, 9.17) is 16.3 Å². The van der Waals surface area contributed by atoms with Crippen molar-refractivity contribution in [3.8, 4) is 0 Å². The lowest BCUT2D eigenvalue weighted by Gasteiger charge is -2.27. The topological polar surface area (TPSA) is 105 Å². The van der Waals surface area contributed by atoms with Gasteiger partial charge < -0.3 is 20.5 Å². The molecular formula is C29H23ClF4N4O4. The first kappa shape index (κ1) is 29.1. The van der Waals surface area contributed by atoms with Gasteiger partial charge in [0.25, 0.3) is 17.7 Å². The van der Waals surface area contributed by atoms with Crippen LogP contribution in [0.1, 0.15) is 56.9 Å². The highest BCUT2D eigenvalue weighted by atomic mass is 35.5. The highest BCUT2D eigenvalue weighted by molar-refractivity contribution is 6.31. The Kier molecular flexibility index (Phi) is 7.23. The van der Waals surface area contributed by atoms with E-state index in [1.165, 1.54) is 23.1 Å². The van der Waals surface area contributed by atoms with E-state index in [2.05, 4.69) is 15.7 Å². The van der Waals surface area contributed by atoms with Crippen LogP contribution in [0, 0.1) is 11.6 Å². The molecule has 0 radical (unpaired) electrons. The number of nitrogens with zero attached hydrogens (tertiary/aromatic N) is 2. The van der Waals surface area contributed by atoms with Crippen LogP contribution in [-0.4, -0.2) is 33.3 Å². The number of aryl methyl sites for hydroxylation is 1. The highest BCUT2D eigenvalue weighted by Crippen LogP contribution is 2.46. The molecular weight excluding hydrogens is 580 g/mol. The average molecular weight is 603 g/mol. The van der Waals surface area contributed by atoms with Gasteiger partial charge in [0.2, 0.25) is 0 Å². The molecule has 1 aromatic heterocycles. The maximum atomic E-state index is 14.3. The van der Waals surface area contributed by atoms with Crippen molar-refractivity contribution in [3.63, 3.8) is 0 Å². The van der Waals surface area contributed by atoms with Gasteiger partial charge in [-0.05, 0) is 55.5 Å². The molecule has 0 fully saturated rings. The van der Waals surface area contributed by atoms with E-state index in [1.807, 2.05) is 0 Å². The number of anilines is 1. The number of carbonyl (C=O) groups excluding carboxylic acids is 2. The van der Waals surface area contributed by atoms with E-state index < -0.39 is 46.2 Å². The van der Waals surface area contributed by atoms with E-state index >= 15 is 0 Å². The normalized spacial score (nSPS) is 16.6. The number of benzene rings is 3. The predicted molar refractivity (Wildman–Crippen MR) is 147 cm³/mol. The van der Waals surface area contributed by atoms with Gasteiger partial charge in [-0.1, -0.05) is 11.6 Å². The molecule has 0 spiro atoms. The first-order valence-electron chi connectivity index (χ1n) is 12.6. The van der Waals surface area contributed by atoms with Crippen molar-refractivity contribution >= 4 is 46.1 Å². The van der Waals surface area contributed by atoms with E-state index in [-0.39, 0.29) is 32.9 Å². The van der Waals surface area contributed by atoms with Crippen LogP contribution in [-0.2, 0) is 23.4 Å². The van der Waals surface area contributed by atoms with E-state index in [9.17, 15) is 32.3 Å². The number of halogens is 5. The summed E-state index contributed by atoms with van der Waals surface area (Å²) in [7, 11) is 1.60. The summed E-state index contributed by atoms with van der Waals surface area (Å²) in [6.07, 6.45) is 2.98. The molecule has 1 atom stereocenters. The van der Waals surface area contributed by atoms with Crippen molar-refractivity contribution in [2.75, 3.05) is 11.9 Å². The zero-order valence-corrected chi connectivity index (χ0v) is 23.1. The Hall–Kier alpha value is -4.42. The maximum Gasteiger partial charge on any atom is 0.270 e. The SMILES string of the molecule is CCO/C=C/c1c2cc(NC(=O)c3cc(F)cc(C(C)(F)F)c3)c3c(c2nn1C)C(=O)NC3(O)c1cc(F)ccc1Cl. The molecule has 8 nitrogen and oxygen atoms in total. The molecule has 0 bridgehead atoms. The lowest BCUT2D eigenvalue weighted by atomic mass is 9.90. The molecule has 5 rings (SSSR count). The number of alkyl halides is 2. The minimum Gasteiger partial charge on any atom is -0.501 e. The molecule has 2 heterocycles. The molecule has 0 aliphatic carbocycles. The summed E-state index contributed by atoms with van der Waals surface area (Å²) in [6, 6.07) is 6.77. The van der Waals surface area contributed by atoms with Crippen molar-refractivity contribution in [3.05, 3.63) is 98.9 Å². The molecule has 0 saturated heterocycles. The van der Waals surface area contributed by atoms with Crippen molar-refractivity contribution in [2.24, 2.45) is 7.05 Å². The maximum absolute atomic E-state index is 14.3. The number of nitrogens with one attached hydrogen (secondary N) is 2. The van der Waals surface area contributed by atoms with Crippen LogP contribution in [0.4, 0.5) is 23.2 Å². The Labute approximate surface area is 241 Å². The number of aromatic nitrogens is 2. The first-order valence-corrected chi connectivity index (χ1v) is 13.0. The second kappa shape index (κ2) is 10.4. The lowest BCUT2D eigenvalue weighted by Crippen LogP contribution is -2.41. The quantitative estimate of drug-likeness (QED) is 0.183. The fraction of sp³-hybridized carbons (Fsp3) is 0.207. The summed E-state index contributed by atoms with van der Waals surface area (Å²) >= 11 is 6.31. The Morgan fingerprint density at radius 3 is 2.64 bits per heavy atom. The third kappa shape index (κ3) is 4.96. The summed E-state index contributed by atoms with van der Waals surface area (Å²) in [6.45, 7) is 2.71. The lowest BCUT2D eigenvalue weighted by molar-refractivity contribution is 0.0171. The molecule has 218 valence electrons. The van der Waals surface area contributed by atoms with E-state index in [0.717, 1.165) is 24.3 Å². The van der Waals surface area contributed by atoms with Crippen LogP contribution in [0.3, 0.4) is 0 Å². The van der Waals surface area contributed by atoms with Gasteiger partial charge in [0.05, 0.1) is 29.8 Å². The number of hydrogen-bond donors (Lipinski definition) is 3. The zero-order chi connectivity index (χ0) is 30.6. The largest absolute Gasteiger partial charge is 0.501 e. The molecule has 13 heteroatoms. The van der Waals surface area contributed by atoms with Gasteiger partial charge in [-0.25, -0.2) is 17.6 Å². The molecule has 1 unspecified atom stereocenters. The van der Waals surface area contributed by atoms with Gasteiger partial charge in [-0.2, -0.15) is 5.10 Å². The molecule has 1 aliphatic rings. The Bertz CT molecular complexity index is 1800. The van der Waals surface area contributed by atoms with E-state index in [0.29, 0.717) is 30.7 Å². The molecule has 42 heavy (non-hydrogen) atoms. The summed E-state index contributed by atoms with van der Waals surface area (Å²) < 4.78 is 63.3. The molecule has 2 amide bonds. The molecule has 1 aliphatic heterocycles. The first-order chi connectivity index (χ1) is 19.7. The van der Waals surface area contributed by atoms with Gasteiger partial charge in [-0.15, -0.1) is 0 Å². The number of carbonyl (C=O) groups is 2. The van der Waals surface area contributed by atoms with Crippen molar-refractivity contribution in [1.82, 2.24) is 15.1 Å². The molecule has 3 N–H and O–H groups in total. The summed E-state index contributed by atoms with van der Waals surface area (Å²) in [4.78, 5) is 26.8. The summed E-state index contributed by atoms with van der Waals surface area (Å²) in [5.74, 6) is -7.13. The van der Waals surface area contributed by atoms with Gasteiger partial charge in [0.15, 0.2) is 5.72 Å². The van der Waals surface area contributed by atoms with Crippen LogP contribution in [0.5, 0.6) is 0 Å². The Morgan fingerprint density at radius 2 is 1.95 bits per heavy atom. The fourth-order valence-electron chi connectivity index (χ4n) is 4.89. The van der Waals surface area contributed by atoms with Gasteiger partial charge >= 0.3 is 0 Å². The minimum atomic E-state index is -3.44. The molecule has 0 saturated carbocycles. The van der Waals surface area contributed by atoms with Crippen molar-refractivity contribution in [1.29, 1.82) is 0 Å². The van der Waals surface area contributed by atoms with Gasteiger partial charge in [0.1, 0.15) is 17.2 Å². The number of fused-ring (bicyclic) bond motifs is 3. The van der Waals surface area contributed by atoms with Crippen LogP contribution in [0.15, 0.2) is 48.7 Å². The average Bonchev–Trinajstić information content (AvgIpc) is 3.37. The number of amides is 2. The number of ether oxygens (including phenoxy) is 1. The third-order valence-corrected chi connectivity index (χ3v) is 7.11. The van der Waals surface area contributed by atoms with Crippen LogP contribution >= 0.6 is 11.6 Å². The van der Waals surface area contributed by atoms with Crippen molar-refractivity contribution in [2.45, 2.75) is 25.5 Å². The number of hydrogen-bond acceptors (Lipinski definition) is 5. The highest BCUT2D eigenvalue weighted by Gasteiger charge is 2.48. The number of rotatable bonds is 7. The minimum absolute atomic E-state index is 0.106. The second-order valence-electron chi connectivity index (χ2n) is 9.70. The van der Waals surface area contributed by atoms with Crippen LogP contribution in [0.25, 0.3) is 17.0 Å². The zero-order valence-electron chi connectivity index (χ0n) is 22.4. The Balaban J connectivity index is 1.76. The standard InChI is InChI=1S/C29H23ClF4N4O4/c1-4-42-8-7-22-18-13-21(35-26(39)14-9-15(28(2,33)34)11-17(32)10-14)24-23(25(18)37-38(22)3)27(40)36-29(24,41)19-12-16(31)5-6-20(19)30/h5-13,41H,4H2,1-3H3,(H,35,39)(H,36,40)/b8-7+. The third-order valence-electron chi connectivity index (χ3n) is 6.78. The smallest absolute Gasteiger partial charge is 0.270 e. The predicted octanol–water partition coefficient (Wildman–Crippen LogP) is 5.81. The monoisotopic (exact) mass is 602 g/mol. The summed E-state index contributed by atoms with van der Waals surface area (Å²) in [5.41, 5.74) is -3.85. The number of aliphatic hydroxyl groups is 1. The summed E-state index contributed by atoms with van der Waals surface area (Å²) in [5, 5.41) is 21.5. The van der Waals surface area contributed by atoms with E-state index in [1.54, 1.807) is 20.0 Å². The molecule has 3 aromatic carbocycles. The van der Waals surface area contributed by atoms with Crippen LogP contribution in [0.2, 0.25) is 5.02 Å². The fourth-order valence-corrected chi connectivity index (χ4v) is 5.14. The van der Waals surface area contributed by atoms with Crippen molar-refractivity contribution < 1.29 is 37.0 Å². The van der Waals surface area contributed by atoms with Gasteiger partial charge in [-0.3, -0.25) is 14.3 Å². The van der Waals surface area contributed by atoms with Gasteiger partial charge in [0, 0.05) is 46.6 Å². The second-order valence-corrected chi connectivity index (χ2v) is 10.1.